The highest BCUT2D eigenvalue weighted by Gasteiger charge is 2.12. The number of hydrogen-bond acceptors (Lipinski definition) is 2. The van der Waals surface area contributed by atoms with Crippen molar-refractivity contribution >= 4 is 0 Å². The summed E-state index contributed by atoms with van der Waals surface area (Å²) < 4.78 is 11.1. The van der Waals surface area contributed by atoms with E-state index >= 15 is 0 Å². The van der Waals surface area contributed by atoms with Gasteiger partial charge in [0.05, 0.1) is 19.3 Å². The van der Waals surface area contributed by atoms with E-state index < -0.39 is 0 Å². The molecule has 0 heterocycles. The first kappa shape index (κ1) is 23.4. The van der Waals surface area contributed by atoms with Gasteiger partial charge in [-0.3, -0.25) is 0 Å². The quantitative estimate of drug-likeness (QED) is 0.517. The van der Waals surface area contributed by atoms with Gasteiger partial charge in [0, 0.05) is 7.11 Å². The third-order valence-electron chi connectivity index (χ3n) is 3.56. The van der Waals surface area contributed by atoms with Gasteiger partial charge < -0.3 is 9.47 Å². The average molecular weight is 345 g/mol. The van der Waals surface area contributed by atoms with Crippen molar-refractivity contribution in [3.8, 4) is 0 Å². The smallest absolute Gasteiger partial charge is 0.0829 e. The lowest BCUT2D eigenvalue weighted by Gasteiger charge is -2.19. The van der Waals surface area contributed by atoms with Crippen molar-refractivity contribution in [2.45, 2.75) is 53.6 Å². The molecule has 0 aromatic heterocycles. The monoisotopic (exact) mass is 344 g/mol. The summed E-state index contributed by atoms with van der Waals surface area (Å²) in [5.41, 5.74) is 3.88. The Hall–Kier alpha value is -1.64. The van der Waals surface area contributed by atoms with Crippen LogP contribution in [-0.2, 0) is 15.9 Å². The van der Waals surface area contributed by atoms with Crippen molar-refractivity contribution < 1.29 is 9.47 Å². The van der Waals surface area contributed by atoms with Crippen molar-refractivity contribution in [1.82, 2.24) is 0 Å². The fourth-order valence-corrected chi connectivity index (χ4v) is 2.43. The Morgan fingerprint density at radius 2 is 1.52 bits per heavy atom. The summed E-state index contributed by atoms with van der Waals surface area (Å²) in [7, 11) is 1.70. The number of benzene rings is 2. The zero-order valence-corrected chi connectivity index (χ0v) is 16.9. The van der Waals surface area contributed by atoms with Gasteiger partial charge in [-0.05, 0) is 30.9 Å². The molecule has 0 spiro atoms. The lowest BCUT2D eigenvalue weighted by molar-refractivity contribution is 0.0122. The number of ether oxygens (including phenoxy) is 2. The van der Waals surface area contributed by atoms with E-state index in [-0.39, 0.29) is 6.10 Å². The molecule has 2 aromatic rings. The normalized spacial score (nSPS) is 10.8. The first-order chi connectivity index (χ1) is 12.3. The standard InChI is InChI=1S/C19H24O2.2C2H6/c1-16-7-6-10-18(15-16)19(21-14-13-20-2)12-11-17-8-4-3-5-9-17;2*1-2/h3-10,15,19H,11-14H2,1-2H3;2*1-2H3. The van der Waals surface area contributed by atoms with Crippen LogP contribution in [0.3, 0.4) is 0 Å². The van der Waals surface area contributed by atoms with Gasteiger partial charge in [-0.1, -0.05) is 87.9 Å². The second kappa shape index (κ2) is 15.9. The molecule has 1 unspecified atom stereocenters. The van der Waals surface area contributed by atoms with Gasteiger partial charge in [-0.15, -0.1) is 0 Å². The number of aryl methyl sites for hydroxylation is 2. The van der Waals surface area contributed by atoms with E-state index in [1.165, 1.54) is 16.7 Å². The summed E-state index contributed by atoms with van der Waals surface area (Å²) in [5.74, 6) is 0. The molecule has 0 amide bonds. The van der Waals surface area contributed by atoms with Crippen molar-refractivity contribution in [3.05, 3.63) is 71.3 Å². The fraction of sp³-hybridized carbons (Fsp3) is 0.478. The van der Waals surface area contributed by atoms with E-state index in [4.69, 9.17) is 9.47 Å². The van der Waals surface area contributed by atoms with Crippen LogP contribution in [0.4, 0.5) is 0 Å². The third kappa shape index (κ3) is 10.1. The predicted molar refractivity (Wildman–Crippen MR) is 109 cm³/mol. The Balaban J connectivity index is 0.00000134. The Kier molecular flexibility index (Phi) is 14.8. The van der Waals surface area contributed by atoms with Crippen LogP contribution in [0.15, 0.2) is 54.6 Å². The van der Waals surface area contributed by atoms with Gasteiger partial charge in [0.1, 0.15) is 0 Å². The summed E-state index contributed by atoms with van der Waals surface area (Å²) in [6, 6.07) is 19.1. The Bertz CT molecular complexity index is 523. The molecule has 0 bridgehead atoms. The maximum atomic E-state index is 6.02. The molecular formula is C23H36O2. The summed E-state index contributed by atoms with van der Waals surface area (Å²) in [6.07, 6.45) is 2.13. The minimum atomic E-state index is 0.125. The van der Waals surface area contributed by atoms with Gasteiger partial charge in [0.25, 0.3) is 0 Å². The van der Waals surface area contributed by atoms with Crippen LogP contribution < -0.4 is 0 Å². The lowest BCUT2D eigenvalue weighted by Crippen LogP contribution is -2.10. The number of methoxy groups -OCH3 is 1. The molecule has 25 heavy (non-hydrogen) atoms. The van der Waals surface area contributed by atoms with Gasteiger partial charge in [0.2, 0.25) is 0 Å². The van der Waals surface area contributed by atoms with Crippen LogP contribution in [-0.4, -0.2) is 20.3 Å². The predicted octanol–water partition coefficient (Wildman–Crippen LogP) is 6.38. The fourth-order valence-electron chi connectivity index (χ4n) is 2.43. The zero-order valence-electron chi connectivity index (χ0n) is 16.9. The van der Waals surface area contributed by atoms with Gasteiger partial charge in [-0.2, -0.15) is 0 Å². The van der Waals surface area contributed by atoms with Crippen molar-refractivity contribution in [2.75, 3.05) is 20.3 Å². The molecule has 2 nitrogen and oxygen atoms in total. The molecule has 0 aliphatic rings. The van der Waals surface area contributed by atoms with Crippen LogP contribution in [0.1, 0.15) is 56.9 Å². The van der Waals surface area contributed by atoms with E-state index in [0.29, 0.717) is 13.2 Å². The van der Waals surface area contributed by atoms with Crippen molar-refractivity contribution in [1.29, 1.82) is 0 Å². The van der Waals surface area contributed by atoms with E-state index in [1.54, 1.807) is 7.11 Å². The Morgan fingerprint density at radius 3 is 2.12 bits per heavy atom. The molecule has 2 aromatic carbocycles. The maximum Gasteiger partial charge on any atom is 0.0829 e. The molecule has 0 aliphatic carbocycles. The highest BCUT2D eigenvalue weighted by atomic mass is 16.5. The van der Waals surface area contributed by atoms with E-state index in [9.17, 15) is 0 Å². The minimum absolute atomic E-state index is 0.125. The molecule has 0 fully saturated rings. The lowest BCUT2D eigenvalue weighted by atomic mass is 10.00. The molecule has 0 saturated carbocycles. The zero-order chi connectivity index (χ0) is 18.9. The first-order valence-corrected chi connectivity index (χ1v) is 9.50. The summed E-state index contributed by atoms with van der Waals surface area (Å²) in [4.78, 5) is 0. The minimum Gasteiger partial charge on any atom is -0.382 e. The highest BCUT2D eigenvalue weighted by Crippen LogP contribution is 2.24. The van der Waals surface area contributed by atoms with Crippen molar-refractivity contribution in [3.63, 3.8) is 0 Å². The molecule has 0 radical (unpaired) electrons. The SMILES string of the molecule is CC.CC.COCCOC(CCc1ccccc1)c1cccc(C)c1. The second-order valence-electron chi connectivity index (χ2n) is 5.29. The maximum absolute atomic E-state index is 6.02. The summed E-state index contributed by atoms with van der Waals surface area (Å²) in [6.45, 7) is 11.4. The largest absolute Gasteiger partial charge is 0.382 e. The molecule has 0 saturated heterocycles. The third-order valence-corrected chi connectivity index (χ3v) is 3.56. The molecule has 2 heteroatoms. The number of rotatable bonds is 8. The van der Waals surface area contributed by atoms with Crippen LogP contribution in [0, 0.1) is 6.92 Å². The Labute approximate surface area is 155 Å². The van der Waals surface area contributed by atoms with E-state index in [0.717, 1.165) is 12.8 Å². The molecule has 140 valence electrons. The van der Waals surface area contributed by atoms with Gasteiger partial charge in [-0.25, -0.2) is 0 Å². The first-order valence-electron chi connectivity index (χ1n) is 9.50. The topological polar surface area (TPSA) is 18.5 Å². The van der Waals surface area contributed by atoms with E-state index in [2.05, 4.69) is 61.5 Å². The van der Waals surface area contributed by atoms with Crippen LogP contribution in [0.25, 0.3) is 0 Å². The molecular weight excluding hydrogens is 308 g/mol. The highest BCUT2D eigenvalue weighted by molar-refractivity contribution is 5.24. The molecule has 1 atom stereocenters. The Morgan fingerprint density at radius 1 is 0.840 bits per heavy atom. The molecule has 0 aliphatic heterocycles. The van der Waals surface area contributed by atoms with Crippen LogP contribution >= 0.6 is 0 Å². The number of hydrogen-bond donors (Lipinski definition) is 0. The summed E-state index contributed by atoms with van der Waals surface area (Å²) >= 11 is 0. The summed E-state index contributed by atoms with van der Waals surface area (Å²) in [5, 5.41) is 0. The van der Waals surface area contributed by atoms with Gasteiger partial charge >= 0.3 is 0 Å². The second-order valence-corrected chi connectivity index (χ2v) is 5.29. The average Bonchev–Trinajstić information content (AvgIpc) is 2.68. The van der Waals surface area contributed by atoms with Crippen molar-refractivity contribution in [2.24, 2.45) is 0 Å². The van der Waals surface area contributed by atoms with E-state index in [1.807, 2.05) is 27.7 Å². The molecule has 0 N–H and O–H groups in total. The van der Waals surface area contributed by atoms with Gasteiger partial charge in [0.15, 0.2) is 0 Å². The molecule has 2 rings (SSSR count). The van der Waals surface area contributed by atoms with Crippen LogP contribution in [0.2, 0.25) is 0 Å². The van der Waals surface area contributed by atoms with Crippen LogP contribution in [0.5, 0.6) is 0 Å².